The molecule has 0 saturated carbocycles. The topological polar surface area (TPSA) is 78.0 Å². The van der Waals surface area contributed by atoms with Gasteiger partial charge in [-0.15, -0.1) is 0 Å². The number of likely N-dealkylation sites (tertiary alicyclic amines) is 2. The molecule has 8 heteroatoms. The average molecular weight is 434 g/mol. The zero-order valence-corrected chi connectivity index (χ0v) is 18.3. The number of amides is 2. The minimum Gasteiger partial charge on any atom is -0.342 e. The summed E-state index contributed by atoms with van der Waals surface area (Å²) < 4.78 is 27.4. The number of benzene rings is 1. The summed E-state index contributed by atoms with van der Waals surface area (Å²) in [5.41, 5.74) is 0.400. The summed E-state index contributed by atoms with van der Waals surface area (Å²) in [5, 5.41) is 0. The van der Waals surface area contributed by atoms with Crippen LogP contribution in [0.4, 0.5) is 0 Å². The van der Waals surface area contributed by atoms with Gasteiger partial charge in [0.1, 0.15) is 0 Å². The van der Waals surface area contributed by atoms with E-state index in [2.05, 4.69) is 0 Å². The van der Waals surface area contributed by atoms with Crippen LogP contribution in [0.1, 0.15) is 55.3 Å². The number of nitrogens with zero attached hydrogens (tertiary/aromatic N) is 3. The van der Waals surface area contributed by atoms with Gasteiger partial charge in [-0.2, -0.15) is 4.31 Å². The maximum absolute atomic E-state index is 13.0. The zero-order valence-electron chi connectivity index (χ0n) is 17.5. The number of rotatable bonds is 4. The van der Waals surface area contributed by atoms with Gasteiger partial charge in [0.05, 0.1) is 4.90 Å². The number of carbonyl (C=O) groups is 2. The van der Waals surface area contributed by atoms with Gasteiger partial charge in [-0.1, -0.05) is 12.5 Å². The Morgan fingerprint density at radius 2 is 1.43 bits per heavy atom. The molecule has 3 heterocycles. The van der Waals surface area contributed by atoms with E-state index in [1.807, 2.05) is 4.90 Å². The van der Waals surface area contributed by atoms with E-state index >= 15 is 0 Å². The molecule has 0 atom stereocenters. The van der Waals surface area contributed by atoms with Crippen molar-refractivity contribution in [1.82, 2.24) is 14.1 Å². The van der Waals surface area contributed by atoms with Crippen molar-refractivity contribution in [2.45, 2.75) is 49.8 Å². The highest BCUT2D eigenvalue weighted by atomic mass is 32.2. The lowest BCUT2D eigenvalue weighted by Crippen LogP contribution is -2.43. The highest BCUT2D eigenvalue weighted by molar-refractivity contribution is 7.89. The lowest BCUT2D eigenvalue weighted by Gasteiger charge is -2.33. The summed E-state index contributed by atoms with van der Waals surface area (Å²) in [5.74, 6) is 0.0740. The Morgan fingerprint density at radius 3 is 2.10 bits per heavy atom. The molecule has 2 amide bonds. The van der Waals surface area contributed by atoms with E-state index in [-0.39, 0.29) is 22.6 Å². The molecular weight excluding hydrogens is 402 g/mol. The van der Waals surface area contributed by atoms with Crippen molar-refractivity contribution < 1.29 is 18.0 Å². The second kappa shape index (κ2) is 9.06. The normalized spacial score (nSPS) is 21.7. The van der Waals surface area contributed by atoms with Gasteiger partial charge in [0.2, 0.25) is 15.9 Å². The molecule has 0 bridgehead atoms. The van der Waals surface area contributed by atoms with Crippen LogP contribution in [0.5, 0.6) is 0 Å². The highest BCUT2D eigenvalue weighted by Crippen LogP contribution is 2.25. The van der Waals surface area contributed by atoms with Crippen LogP contribution in [0.3, 0.4) is 0 Å². The van der Waals surface area contributed by atoms with Crippen LogP contribution in [-0.4, -0.2) is 73.6 Å². The number of piperidine rings is 2. The molecule has 7 nitrogen and oxygen atoms in total. The predicted octanol–water partition coefficient (Wildman–Crippen LogP) is 2.34. The van der Waals surface area contributed by atoms with Crippen LogP contribution < -0.4 is 0 Å². The summed E-state index contributed by atoms with van der Waals surface area (Å²) in [6, 6.07) is 6.40. The molecule has 30 heavy (non-hydrogen) atoms. The van der Waals surface area contributed by atoms with Crippen LogP contribution in [-0.2, 0) is 14.8 Å². The molecule has 3 aliphatic heterocycles. The summed E-state index contributed by atoms with van der Waals surface area (Å²) in [6.07, 6.45) is 6.33. The number of sulfonamides is 1. The van der Waals surface area contributed by atoms with Gasteiger partial charge in [0.25, 0.3) is 5.91 Å². The average Bonchev–Trinajstić information content (AvgIpc) is 3.34. The van der Waals surface area contributed by atoms with Crippen molar-refractivity contribution >= 4 is 21.8 Å². The van der Waals surface area contributed by atoms with Gasteiger partial charge in [-0.05, 0) is 56.7 Å². The summed E-state index contributed by atoms with van der Waals surface area (Å²) in [4.78, 5) is 29.5. The first-order valence-corrected chi connectivity index (χ1v) is 12.6. The van der Waals surface area contributed by atoms with E-state index in [1.54, 1.807) is 23.1 Å². The minimum absolute atomic E-state index is 0.00189. The second-order valence-corrected chi connectivity index (χ2v) is 10.5. The molecule has 4 rings (SSSR count). The monoisotopic (exact) mass is 433 g/mol. The molecule has 0 spiro atoms. The molecule has 3 aliphatic rings. The third kappa shape index (κ3) is 4.39. The van der Waals surface area contributed by atoms with Gasteiger partial charge in [0, 0.05) is 50.7 Å². The first-order valence-electron chi connectivity index (χ1n) is 11.1. The SMILES string of the molecule is O=C(c1cccc(S(=O)(=O)N2CCCCC2)c1)N1CCC(C(=O)N2CCCC2)CC1. The molecule has 3 saturated heterocycles. The maximum atomic E-state index is 13.0. The number of carbonyl (C=O) groups excluding carboxylic acids is 2. The number of hydrogen-bond acceptors (Lipinski definition) is 4. The third-order valence-corrected chi connectivity index (χ3v) is 8.48. The standard InChI is InChI=1S/C22H31N3O4S/c26-21(23-11-4-5-12-23)18-9-15-24(16-10-18)22(27)19-7-6-8-20(17-19)30(28,29)25-13-2-1-3-14-25/h6-8,17-18H,1-5,9-16H2. The molecule has 164 valence electrons. The molecule has 0 radical (unpaired) electrons. The molecule has 3 fully saturated rings. The van der Waals surface area contributed by atoms with Crippen molar-refractivity contribution in [2.75, 3.05) is 39.3 Å². The maximum Gasteiger partial charge on any atom is 0.253 e. The van der Waals surface area contributed by atoms with E-state index < -0.39 is 10.0 Å². The van der Waals surface area contributed by atoms with Crippen molar-refractivity contribution in [3.8, 4) is 0 Å². The minimum atomic E-state index is -3.57. The van der Waals surface area contributed by atoms with Crippen molar-refractivity contribution in [2.24, 2.45) is 5.92 Å². The van der Waals surface area contributed by atoms with Crippen LogP contribution in [0.25, 0.3) is 0 Å². The Hall–Kier alpha value is -1.93. The van der Waals surface area contributed by atoms with Crippen LogP contribution in [0, 0.1) is 5.92 Å². The summed E-state index contributed by atoms with van der Waals surface area (Å²) in [7, 11) is -3.57. The lowest BCUT2D eigenvalue weighted by atomic mass is 9.95. The molecule has 1 aromatic carbocycles. The number of hydrogen-bond donors (Lipinski definition) is 0. The van der Waals surface area contributed by atoms with Gasteiger partial charge < -0.3 is 9.80 Å². The van der Waals surface area contributed by atoms with Crippen molar-refractivity contribution in [3.05, 3.63) is 29.8 Å². The first kappa shape index (κ1) is 21.3. The Labute approximate surface area is 179 Å². The van der Waals surface area contributed by atoms with Gasteiger partial charge in [-0.3, -0.25) is 9.59 Å². The van der Waals surface area contributed by atoms with E-state index in [1.165, 1.54) is 10.4 Å². The second-order valence-electron chi connectivity index (χ2n) is 8.59. The van der Waals surface area contributed by atoms with Crippen molar-refractivity contribution in [1.29, 1.82) is 0 Å². The Morgan fingerprint density at radius 1 is 0.800 bits per heavy atom. The Balaban J connectivity index is 1.40. The summed E-state index contributed by atoms with van der Waals surface area (Å²) >= 11 is 0. The van der Waals surface area contributed by atoms with Crippen molar-refractivity contribution in [3.63, 3.8) is 0 Å². The molecule has 1 aromatic rings. The zero-order chi connectivity index (χ0) is 21.1. The van der Waals surface area contributed by atoms with Gasteiger partial charge >= 0.3 is 0 Å². The first-order chi connectivity index (χ1) is 14.5. The van der Waals surface area contributed by atoms with E-state index in [0.717, 1.165) is 45.2 Å². The largest absolute Gasteiger partial charge is 0.342 e. The van der Waals surface area contributed by atoms with Crippen LogP contribution >= 0.6 is 0 Å². The fourth-order valence-corrected chi connectivity index (χ4v) is 6.32. The van der Waals surface area contributed by atoms with Crippen LogP contribution in [0.15, 0.2) is 29.2 Å². The Kier molecular flexibility index (Phi) is 6.43. The molecule has 0 aliphatic carbocycles. The fourth-order valence-electron chi connectivity index (χ4n) is 4.75. The Bertz CT molecular complexity index is 881. The smallest absolute Gasteiger partial charge is 0.253 e. The molecule has 0 aromatic heterocycles. The van der Waals surface area contributed by atoms with Crippen LogP contribution in [0.2, 0.25) is 0 Å². The fraction of sp³-hybridized carbons (Fsp3) is 0.636. The van der Waals surface area contributed by atoms with Gasteiger partial charge in [-0.25, -0.2) is 8.42 Å². The van der Waals surface area contributed by atoms with Gasteiger partial charge in [0.15, 0.2) is 0 Å². The van der Waals surface area contributed by atoms with E-state index in [4.69, 9.17) is 0 Å². The quantitative estimate of drug-likeness (QED) is 0.730. The van der Waals surface area contributed by atoms with E-state index in [9.17, 15) is 18.0 Å². The highest BCUT2D eigenvalue weighted by Gasteiger charge is 2.32. The predicted molar refractivity (Wildman–Crippen MR) is 113 cm³/mol. The van der Waals surface area contributed by atoms with E-state index in [0.29, 0.717) is 44.6 Å². The molecule has 0 N–H and O–H groups in total. The molecular formula is C22H31N3O4S. The summed E-state index contributed by atoms with van der Waals surface area (Å²) in [6.45, 7) is 3.86. The third-order valence-electron chi connectivity index (χ3n) is 6.58. The molecule has 0 unspecified atom stereocenters. The lowest BCUT2D eigenvalue weighted by molar-refractivity contribution is -0.135.